The van der Waals surface area contributed by atoms with Gasteiger partial charge in [-0.2, -0.15) is 0 Å². The van der Waals surface area contributed by atoms with Crippen molar-refractivity contribution in [1.82, 2.24) is 0 Å². The topological polar surface area (TPSA) is 92.2 Å². The van der Waals surface area contributed by atoms with Crippen LogP contribution in [0.25, 0.3) is 0 Å². The average molecular weight is 241 g/mol. The van der Waals surface area contributed by atoms with Crippen molar-refractivity contribution in [1.29, 1.82) is 0 Å². The van der Waals surface area contributed by atoms with E-state index < -0.39 is 22.7 Å². The van der Waals surface area contributed by atoms with E-state index in [1.165, 1.54) is 0 Å². The van der Waals surface area contributed by atoms with Crippen LogP contribution in [-0.2, 0) is 20.4 Å². The maximum absolute atomic E-state index is 8.24. The summed E-state index contributed by atoms with van der Waals surface area (Å²) < 4.78 is 32.9. The Labute approximate surface area is 61.9 Å². The molecule has 4 nitrogen and oxygen atoms in total. The second-order valence-electron chi connectivity index (χ2n) is 0.126. The summed E-state index contributed by atoms with van der Waals surface area (Å²) in [6.07, 6.45) is 0. The van der Waals surface area contributed by atoms with Gasteiger partial charge in [-0.25, -0.2) is 0 Å². The first-order valence-electron chi connectivity index (χ1n) is 0.617. The summed E-state index contributed by atoms with van der Waals surface area (Å²) in [5.74, 6) is 0. The molecule has 0 amide bonds. The molecule has 0 aliphatic heterocycles. The van der Waals surface area contributed by atoms with Crippen LogP contribution in [0.2, 0.25) is 0 Å². The molecule has 48 valence electrons. The molecule has 7 heavy (non-hydrogen) atoms. The minimum atomic E-state index is -0.417. The summed E-state index contributed by atoms with van der Waals surface area (Å²) in [5.41, 5.74) is 0. The molecule has 0 aliphatic carbocycles. The zero-order chi connectivity index (χ0) is 5.41. The third-order valence-electron chi connectivity index (χ3n) is 0. The molecule has 0 heterocycles. The normalized spacial score (nSPS) is 5.14. The molecule has 0 radical (unpaired) electrons. The van der Waals surface area contributed by atoms with Gasteiger partial charge in [0.1, 0.15) is 0 Å². The molecule has 0 spiro atoms. The van der Waals surface area contributed by atoms with E-state index in [0.29, 0.717) is 0 Å². The zero-order valence-corrected chi connectivity index (χ0v) is 5.77. The quantitative estimate of drug-likeness (QED) is 0.398. The van der Waals surface area contributed by atoms with Gasteiger partial charge < -0.3 is 18.6 Å². The van der Waals surface area contributed by atoms with Gasteiger partial charge in [0.15, 0.2) is 0 Å². The molecule has 0 saturated heterocycles. The fourth-order valence-electron chi connectivity index (χ4n) is 0. The van der Waals surface area contributed by atoms with Crippen molar-refractivity contribution in [2.45, 2.75) is 0 Å². The predicted molar refractivity (Wildman–Crippen MR) is 0 cm³/mol. The Morgan fingerprint density at radius 1 is 0.714 bits per heavy atom. The maximum Gasteiger partial charge on any atom is 2.00 e. The molecule has 0 bridgehead atoms. The number of rotatable bonds is 0. The molecule has 0 aromatic carbocycles. The Kier molecular flexibility index (Phi) is 61.8. The van der Waals surface area contributed by atoms with Crippen LogP contribution in [0.15, 0.2) is 0 Å². The second kappa shape index (κ2) is 27.6. The minimum absolute atomic E-state index is 0. The monoisotopic (exact) mass is 240 g/mol. The molecule has 0 aromatic rings. The van der Waals surface area contributed by atoms with Gasteiger partial charge in [0.25, 0.3) is 0 Å². The van der Waals surface area contributed by atoms with Crippen molar-refractivity contribution in [2.75, 3.05) is 0 Å². The van der Waals surface area contributed by atoms with E-state index in [0.717, 1.165) is 0 Å². The van der Waals surface area contributed by atoms with Crippen LogP contribution in [-0.4, -0.2) is 0 Å². The van der Waals surface area contributed by atoms with Gasteiger partial charge in [0, 0.05) is 0 Å². The summed E-state index contributed by atoms with van der Waals surface area (Å²) in [4.78, 5) is 0. The van der Waals surface area contributed by atoms with E-state index >= 15 is 0 Å². The van der Waals surface area contributed by atoms with Gasteiger partial charge in [-0.15, -0.1) is 0 Å². The first-order chi connectivity index (χ1) is 2.83. The predicted octanol–water partition coefficient (Wildman–Crippen LogP) is -4.76. The second-order valence-corrected chi connectivity index (χ2v) is 0.378. The van der Waals surface area contributed by atoms with Crippen molar-refractivity contribution >= 4 is 0 Å². The van der Waals surface area contributed by atoms with Crippen LogP contribution >= 0.6 is 0 Å². The maximum atomic E-state index is 8.24. The van der Waals surface area contributed by atoms with Gasteiger partial charge in [-0.1, -0.05) is 0 Å². The zero-order valence-electron chi connectivity index (χ0n) is 2.71. The molecular weight excluding hydrogens is 241 g/mol. The van der Waals surface area contributed by atoms with Crippen molar-refractivity contribution in [3.05, 3.63) is 0 Å². The minimum Gasteiger partial charge on any atom is -0.544 e. The summed E-state index contributed by atoms with van der Waals surface area (Å²) in [5, 5.41) is 0. The van der Waals surface area contributed by atoms with Gasteiger partial charge >= 0.3 is 20.4 Å². The van der Waals surface area contributed by atoms with Gasteiger partial charge in [-0.3, -0.25) is 0 Å². The molecule has 0 unspecified atom stereocenters. The van der Waals surface area contributed by atoms with Gasteiger partial charge in [0.05, 0.1) is 22.7 Å². The smallest absolute Gasteiger partial charge is 0.544 e. The van der Waals surface area contributed by atoms with E-state index in [9.17, 15) is 0 Å². The summed E-state index contributed by atoms with van der Waals surface area (Å²) in [6.45, 7) is 0. The summed E-state index contributed by atoms with van der Waals surface area (Å²) >= 11 is -0.833. The Bertz CT molecular complexity index is 11.7. The molecule has 7 heteroatoms. The third-order valence-corrected chi connectivity index (χ3v) is 0. The fraction of sp³-hybridized carbons (Fsp3) is 0. The average Bonchev–Trinajstić information content (AvgIpc) is 1.39. The molecular formula is Cl2O4Pd. The van der Waals surface area contributed by atoms with Crippen LogP contribution in [0.5, 0.6) is 0 Å². The number of halogens is 2. The molecule has 0 aromatic heterocycles. The van der Waals surface area contributed by atoms with E-state index in [1.807, 2.05) is 0 Å². The SMILES string of the molecule is [O-][Cl+][O-].[O-][Cl+][O-].[Pd+2]. The van der Waals surface area contributed by atoms with Crippen LogP contribution in [0.3, 0.4) is 0 Å². The third kappa shape index (κ3) is 156. The molecule has 0 atom stereocenters. The Balaban J connectivity index is -0.0000000400. The van der Waals surface area contributed by atoms with E-state index in [2.05, 4.69) is 0 Å². The number of hydrogen-bond acceptors (Lipinski definition) is 4. The Hall–Kier alpha value is 1.08. The largest absolute Gasteiger partial charge is 2.00 e. The molecule has 0 N–H and O–H groups in total. The van der Waals surface area contributed by atoms with E-state index in [1.54, 1.807) is 0 Å². The fourth-order valence-corrected chi connectivity index (χ4v) is 0. The molecule has 0 saturated carbocycles. The number of hydrogen-bond donors (Lipinski definition) is 0. The first kappa shape index (κ1) is 15.7. The Morgan fingerprint density at radius 2 is 0.714 bits per heavy atom. The first-order valence-corrected chi connectivity index (χ1v) is 1.85. The molecule has 0 aliphatic rings. The van der Waals surface area contributed by atoms with Crippen LogP contribution in [0, 0.1) is 22.7 Å². The van der Waals surface area contributed by atoms with Gasteiger partial charge in [0.2, 0.25) is 0 Å². The molecule has 0 rings (SSSR count). The van der Waals surface area contributed by atoms with Crippen LogP contribution in [0.4, 0.5) is 0 Å². The van der Waals surface area contributed by atoms with Crippen LogP contribution in [0.1, 0.15) is 0 Å². The summed E-state index contributed by atoms with van der Waals surface area (Å²) in [7, 11) is 0. The standard InChI is InChI=1S/2ClO2.Pd/c2*2-1-3;/q2*-1;+2. The van der Waals surface area contributed by atoms with E-state index in [4.69, 9.17) is 18.6 Å². The summed E-state index contributed by atoms with van der Waals surface area (Å²) in [6, 6.07) is 0. The van der Waals surface area contributed by atoms with Crippen molar-refractivity contribution < 1.29 is 61.7 Å². The van der Waals surface area contributed by atoms with Crippen LogP contribution < -0.4 is 18.6 Å². The van der Waals surface area contributed by atoms with Crippen molar-refractivity contribution in [3.63, 3.8) is 0 Å². The van der Waals surface area contributed by atoms with Crippen molar-refractivity contribution in [2.24, 2.45) is 0 Å². The van der Waals surface area contributed by atoms with Gasteiger partial charge in [-0.05, 0) is 0 Å². The molecule has 0 fully saturated rings. The van der Waals surface area contributed by atoms with E-state index in [-0.39, 0.29) is 20.4 Å². The Morgan fingerprint density at radius 3 is 0.714 bits per heavy atom. The van der Waals surface area contributed by atoms with Crippen molar-refractivity contribution in [3.8, 4) is 0 Å².